The van der Waals surface area contributed by atoms with Gasteiger partial charge in [-0.2, -0.15) is 4.57 Å². The third kappa shape index (κ3) is 5.06. The predicted octanol–water partition coefficient (Wildman–Crippen LogP) is 12.7. The van der Waals surface area contributed by atoms with Crippen molar-refractivity contribution in [2.75, 3.05) is 0 Å². The topological polar surface area (TPSA) is 25.8 Å². The molecule has 5 heteroatoms. The summed E-state index contributed by atoms with van der Waals surface area (Å²) in [6, 6.07) is 60.7. The van der Waals surface area contributed by atoms with Gasteiger partial charge in [0.25, 0.3) is 0 Å². The summed E-state index contributed by atoms with van der Waals surface area (Å²) >= 11 is 0. The fourth-order valence-corrected chi connectivity index (χ4v) is 12.7. The lowest BCUT2D eigenvalue weighted by molar-refractivity contribution is -0.944. The molecule has 3 aromatic heterocycles. The highest BCUT2D eigenvalue weighted by Crippen LogP contribution is 2.53. The molecule has 7 aromatic carbocycles. The highest BCUT2D eigenvalue weighted by Gasteiger charge is 2.67. The largest absolute Gasteiger partial charge is 0.455 e. The van der Waals surface area contributed by atoms with Crippen LogP contribution in [0.5, 0.6) is 0 Å². The van der Waals surface area contributed by atoms with Crippen molar-refractivity contribution in [2.24, 2.45) is 5.92 Å². The molecule has 2 aliphatic heterocycles. The van der Waals surface area contributed by atoms with E-state index in [0.29, 0.717) is 5.92 Å². The molecule has 0 bridgehead atoms. The highest BCUT2D eigenvalue weighted by molar-refractivity contribution is 6.89. The number of furan rings is 1. The maximum absolute atomic E-state index is 7.18. The standard InChI is InChI=1S/C57H49N3OSi/c1-36(2)32-40-34-50-45-29-28-37(3)33-47(45)57(58(50)35-52(40)62(4,5)6)46-31-30-44-43-22-13-16-27-51(43)61-55(44)53(46)56-59(48-25-14-15-26-49(48)60(56)57)54-41(38-18-9-7-10-19-38)23-17-24-42(54)39-20-11-8-12-21-39/h7-31,33-36H,32H2,1-6H3/q+2. The Kier molecular flexibility index (Phi) is 7.95. The zero-order valence-corrected chi connectivity index (χ0v) is 37.2. The molecule has 0 N–H and O–H groups in total. The Morgan fingerprint density at radius 1 is 0.645 bits per heavy atom. The molecule has 12 rings (SSSR count). The van der Waals surface area contributed by atoms with Gasteiger partial charge in [0.2, 0.25) is 5.69 Å². The fraction of sp³-hybridized carbons (Fsp3) is 0.158. The monoisotopic (exact) mass is 819 g/mol. The van der Waals surface area contributed by atoms with Gasteiger partial charge in [0.05, 0.1) is 24.8 Å². The summed E-state index contributed by atoms with van der Waals surface area (Å²) < 4.78 is 15.1. The molecule has 62 heavy (non-hydrogen) atoms. The summed E-state index contributed by atoms with van der Waals surface area (Å²) in [4.78, 5) is 0. The van der Waals surface area contributed by atoms with E-state index in [1.54, 1.807) is 0 Å². The molecule has 0 amide bonds. The van der Waals surface area contributed by atoms with E-state index in [9.17, 15) is 0 Å². The molecule has 300 valence electrons. The molecule has 5 heterocycles. The van der Waals surface area contributed by atoms with Crippen molar-refractivity contribution in [3.05, 3.63) is 192 Å². The Balaban J connectivity index is 1.33. The second-order valence-electron chi connectivity index (χ2n) is 18.9. The summed E-state index contributed by atoms with van der Waals surface area (Å²) in [6.45, 7) is 14.5. The SMILES string of the molecule is Cc1ccc2c(c1)C1(c3ccc4c(oc5ccccc54)c3-c3n(-c4c(-c5ccccc5)cccc4-c4ccccc4)c4ccccc4[n+]31)[n+]1cc([Si](C)(C)C)c(CC(C)C)cc1-2. The Labute approximate surface area is 364 Å². The van der Waals surface area contributed by atoms with E-state index in [1.165, 1.54) is 66.5 Å². The molecule has 0 aliphatic carbocycles. The van der Waals surface area contributed by atoms with Crippen molar-refractivity contribution >= 4 is 46.2 Å². The van der Waals surface area contributed by atoms with Crippen LogP contribution in [0.4, 0.5) is 0 Å². The Morgan fingerprint density at radius 2 is 1.32 bits per heavy atom. The minimum absolute atomic E-state index is 0.539. The van der Waals surface area contributed by atoms with Gasteiger partial charge in [-0.15, -0.1) is 9.13 Å². The average Bonchev–Trinajstić information content (AvgIpc) is 3.99. The van der Waals surface area contributed by atoms with Crippen LogP contribution >= 0.6 is 0 Å². The van der Waals surface area contributed by atoms with E-state index in [2.05, 4.69) is 224 Å². The summed E-state index contributed by atoms with van der Waals surface area (Å²) in [7, 11) is -1.86. The third-order valence-electron chi connectivity index (χ3n) is 13.5. The Bertz CT molecular complexity index is 3400. The molecule has 4 nitrogen and oxygen atoms in total. The minimum Gasteiger partial charge on any atom is -0.455 e. The van der Waals surface area contributed by atoms with E-state index in [1.807, 2.05) is 0 Å². The van der Waals surface area contributed by atoms with Gasteiger partial charge in [-0.25, -0.2) is 0 Å². The lowest BCUT2D eigenvalue weighted by Crippen LogP contribution is -2.72. The van der Waals surface area contributed by atoms with Crippen molar-refractivity contribution < 1.29 is 13.6 Å². The normalized spacial score (nSPS) is 15.2. The molecule has 1 atom stereocenters. The first-order valence-corrected chi connectivity index (χ1v) is 25.6. The summed E-state index contributed by atoms with van der Waals surface area (Å²) in [5.74, 6) is 1.65. The summed E-state index contributed by atoms with van der Waals surface area (Å²) in [5, 5.41) is 3.77. The van der Waals surface area contributed by atoms with Crippen LogP contribution in [0.25, 0.3) is 83.6 Å². The molecule has 0 radical (unpaired) electrons. The fourth-order valence-electron chi connectivity index (χ4n) is 11.0. The van der Waals surface area contributed by atoms with E-state index >= 15 is 0 Å². The lowest BCUT2D eigenvalue weighted by Gasteiger charge is -2.24. The molecule has 0 saturated heterocycles. The minimum atomic E-state index is -1.86. The first-order valence-electron chi connectivity index (χ1n) is 22.1. The second-order valence-corrected chi connectivity index (χ2v) is 24.0. The molecular weight excluding hydrogens is 771 g/mol. The van der Waals surface area contributed by atoms with E-state index in [0.717, 1.165) is 51.0 Å². The molecule has 1 spiro atoms. The number of imidazole rings is 1. The number of hydrogen-bond acceptors (Lipinski definition) is 1. The molecule has 0 saturated carbocycles. The van der Waals surface area contributed by atoms with Crippen molar-refractivity contribution in [3.63, 3.8) is 0 Å². The zero-order valence-electron chi connectivity index (χ0n) is 36.2. The summed E-state index contributed by atoms with van der Waals surface area (Å²) in [6.07, 6.45) is 3.64. The van der Waals surface area contributed by atoms with Crippen LogP contribution in [0.15, 0.2) is 174 Å². The smallest absolute Gasteiger partial charge is 0.364 e. The van der Waals surface area contributed by atoms with E-state index in [4.69, 9.17) is 4.42 Å². The zero-order chi connectivity index (χ0) is 42.1. The van der Waals surface area contributed by atoms with Gasteiger partial charge < -0.3 is 4.42 Å². The number of pyridine rings is 1. The lowest BCUT2D eigenvalue weighted by atomic mass is 9.88. The quantitative estimate of drug-likeness (QED) is 0.121. The number of para-hydroxylation sites is 4. The number of fused-ring (bicyclic) bond motifs is 16. The number of aryl methyl sites for hydroxylation is 1. The Hall–Kier alpha value is -6.82. The van der Waals surface area contributed by atoms with Crippen LogP contribution in [0, 0.1) is 12.8 Å². The highest BCUT2D eigenvalue weighted by atomic mass is 28.3. The Morgan fingerprint density at radius 3 is 2.03 bits per heavy atom. The van der Waals surface area contributed by atoms with Gasteiger partial charge in [0.15, 0.2) is 22.8 Å². The van der Waals surface area contributed by atoms with Crippen molar-refractivity contribution in [1.82, 2.24) is 4.57 Å². The summed E-state index contributed by atoms with van der Waals surface area (Å²) in [5.41, 5.74) is 18.1. The van der Waals surface area contributed by atoms with Gasteiger partial charge in [-0.3, -0.25) is 0 Å². The van der Waals surface area contributed by atoms with Crippen molar-refractivity contribution in [3.8, 4) is 50.6 Å². The molecule has 0 fully saturated rings. The van der Waals surface area contributed by atoms with Crippen molar-refractivity contribution in [1.29, 1.82) is 0 Å². The van der Waals surface area contributed by atoms with Crippen LogP contribution in [0.3, 0.4) is 0 Å². The van der Waals surface area contributed by atoms with E-state index in [-0.39, 0.29) is 0 Å². The van der Waals surface area contributed by atoms with Gasteiger partial charge in [-0.1, -0.05) is 154 Å². The second kappa shape index (κ2) is 13.3. The predicted molar refractivity (Wildman–Crippen MR) is 257 cm³/mol. The third-order valence-corrected chi connectivity index (χ3v) is 15.5. The average molecular weight is 820 g/mol. The molecule has 10 aromatic rings. The van der Waals surface area contributed by atoms with Crippen LogP contribution in [-0.4, -0.2) is 12.6 Å². The van der Waals surface area contributed by atoms with Crippen LogP contribution in [0.1, 0.15) is 36.1 Å². The van der Waals surface area contributed by atoms with Gasteiger partial charge >= 0.3 is 11.5 Å². The number of hydrogen-bond donors (Lipinski definition) is 0. The maximum Gasteiger partial charge on any atom is 0.364 e. The van der Waals surface area contributed by atoms with Crippen molar-refractivity contribution in [2.45, 2.75) is 52.5 Å². The van der Waals surface area contributed by atoms with Crippen LogP contribution in [0.2, 0.25) is 19.6 Å². The first kappa shape index (κ1) is 37.0. The van der Waals surface area contributed by atoms with Gasteiger partial charge in [0.1, 0.15) is 16.8 Å². The number of benzene rings is 7. The maximum atomic E-state index is 7.18. The first-order chi connectivity index (χ1) is 30.1. The number of nitrogens with zero attached hydrogens (tertiary/aromatic N) is 3. The molecular formula is C57H49N3OSi+2. The number of rotatable bonds is 6. The van der Waals surface area contributed by atoms with Gasteiger partial charge in [-0.05, 0) is 78.4 Å². The number of aromatic nitrogens is 3. The van der Waals surface area contributed by atoms with Gasteiger partial charge in [0, 0.05) is 33.2 Å². The van der Waals surface area contributed by atoms with Crippen LogP contribution in [-0.2, 0) is 12.1 Å². The van der Waals surface area contributed by atoms with Crippen LogP contribution < -0.4 is 14.3 Å². The molecule has 2 aliphatic rings. The molecule has 1 unspecified atom stereocenters. The van der Waals surface area contributed by atoms with E-state index < -0.39 is 13.7 Å².